The Bertz CT molecular complexity index is 1520. The summed E-state index contributed by atoms with van der Waals surface area (Å²) in [5.74, 6) is -0.832. The van der Waals surface area contributed by atoms with Crippen molar-refractivity contribution in [3.63, 3.8) is 0 Å². The van der Waals surface area contributed by atoms with Gasteiger partial charge in [-0.05, 0) is 113 Å². The van der Waals surface area contributed by atoms with Gasteiger partial charge < -0.3 is 79.5 Å². The van der Waals surface area contributed by atoms with E-state index in [1.165, 1.54) is 14.0 Å². The van der Waals surface area contributed by atoms with Gasteiger partial charge >= 0.3 is 18.3 Å². The second-order valence-corrected chi connectivity index (χ2v) is 19.6. The Morgan fingerprint density at radius 2 is 1.47 bits per heavy atom. The van der Waals surface area contributed by atoms with Crippen molar-refractivity contribution in [3.05, 3.63) is 11.8 Å². The predicted octanol–water partition coefficient (Wildman–Crippen LogP) is 2.31. The topological polar surface area (TPSA) is 273 Å². The highest BCUT2D eigenvalue weighted by Crippen LogP contribution is 2.36. The number of allylic oxidation sites excluding steroid dienone is 1. The molecule has 8 N–H and O–H groups in total. The number of carbonyl (C=O) groups is 4. The van der Waals surface area contributed by atoms with Crippen molar-refractivity contribution in [3.8, 4) is 0 Å². The van der Waals surface area contributed by atoms with Crippen LogP contribution in [0.1, 0.15) is 115 Å². The molecule has 62 heavy (non-hydrogen) atoms. The lowest BCUT2D eigenvalue weighted by Gasteiger charge is -2.50. The first-order valence-electron chi connectivity index (χ1n) is 21.4. The molecule has 358 valence electrons. The normalized spacial score (nSPS) is 31.1. The quantitative estimate of drug-likeness (QED) is 0.0866. The number of nitrogens with zero attached hydrogens (tertiary/aromatic N) is 1. The first kappa shape index (κ1) is 52.8. The van der Waals surface area contributed by atoms with Crippen LogP contribution >= 0.6 is 0 Å². The van der Waals surface area contributed by atoms with Gasteiger partial charge in [0.1, 0.15) is 46.8 Å². The molecule has 2 heterocycles. The van der Waals surface area contributed by atoms with E-state index in [9.17, 15) is 44.7 Å². The average Bonchev–Trinajstić information content (AvgIpc) is 3.11. The molecule has 0 radical (unpaired) electrons. The fraction of sp³-hybridized carbons (Fsp3) is 0.857. The van der Waals surface area contributed by atoms with Crippen LogP contribution in [0.5, 0.6) is 0 Å². The molecule has 1 saturated heterocycles. The number of rotatable bonds is 15. The molecule has 0 bridgehead atoms. The molecular formula is C42H74N4O16. The highest BCUT2D eigenvalue weighted by Gasteiger charge is 2.54. The summed E-state index contributed by atoms with van der Waals surface area (Å²) in [6.45, 7) is 17.8. The Morgan fingerprint density at radius 3 is 2.06 bits per heavy atom. The van der Waals surface area contributed by atoms with E-state index in [1.807, 2.05) is 6.08 Å². The van der Waals surface area contributed by atoms with Crippen LogP contribution < -0.4 is 16.0 Å². The fourth-order valence-corrected chi connectivity index (χ4v) is 7.40. The van der Waals surface area contributed by atoms with Gasteiger partial charge in [-0.1, -0.05) is 6.92 Å². The van der Waals surface area contributed by atoms with Crippen LogP contribution in [0.4, 0.5) is 14.4 Å². The van der Waals surface area contributed by atoms with E-state index in [-0.39, 0.29) is 32.4 Å². The zero-order valence-corrected chi connectivity index (χ0v) is 38.5. The van der Waals surface area contributed by atoms with Crippen molar-refractivity contribution in [1.82, 2.24) is 20.9 Å². The third kappa shape index (κ3) is 16.2. The van der Waals surface area contributed by atoms with Crippen LogP contribution in [0.3, 0.4) is 0 Å². The number of hydrogen-bond acceptors (Lipinski definition) is 16. The number of hydrogen-bond donors (Lipinski definition) is 8. The number of aliphatic hydroxyl groups excluding tert-OH is 4. The summed E-state index contributed by atoms with van der Waals surface area (Å²) in [4.78, 5) is 52.8. The van der Waals surface area contributed by atoms with Crippen molar-refractivity contribution >= 4 is 24.2 Å². The van der Waals surface area contributed by atoms with Gasteiger partial charge in [-0.3, -0.25) is 4.79 Å². The number of unbranched alkanes of at least 4 members (excludes halogenated alkanes) is 1. The molecule has 20 heteroatoms. The van der Waals surface area contributed by atoms with E-state index < -0.39 is 120 Å². The Labute approximate surface area is 365 Å². The first-order valence-corrected chi connectivity index (χ1v) is 21.4. The van der Waals surface area contributed by atoms with E-state index in [2.05, 4.69) is 16.0 Å². The highest BCUT2D eigenvalue weighted by atomic mass is 16.7. The van der Waals surface area contributed by atoms with E-state index in [4.69, 9.17) is 33.2 Å². The summed E-state index contributed by atoms with van der Waals surface area (Å²) in [7, 11) is 1.35. The van der Waals surface area contributed by atoms with Crippen LogP contribution in [0.2, 0.25) is 0 Å². The second-order valence-electron chi connectivity index (χ2n) is 19.6. The third-order valence-electron chi connectivity index (χ3n) is 10.2. The maximum atomic E-state index is 13.5. The summed E-state index contributed by atoms with van der Waals surface area (Å²) < 4.78 is 41.1. The summed E-state index contributed by atoms with van der Waals surface area (Å²) in [6.07, 6.45) is -8.86. The number of carbonyl (C=O) groups excluding carboxylic acids is 4. The maximum Gasteiger partial charge on any atom is 0.410 e. The van der Waals surface area contributed by atoms with Gasteiger partial charge in [-0.15, -0.1) is 0 Å². The number of amides is 4. The van der Waals surface area contributed by atoms with Gasteiger partial charge in [-0.2, -0.15) is 0 Å². The number of alkyl carbamates (subject to hydrolysis) is 2. The van der Waals surface area contributed by atoms with Crippen LogP contribution in [-0.2, 0) is 38.0 Å². The molecule has 0 aromatic rings. The molecule has 3 aliphatic rings. The Kier molecular flexibility index (Phi) is 18.7. The minimum absolute atomic E-state index is 0.00407. The third-order valence-corrected chi connectivity index (χ3v) is 10.2. The molecule has 2 aliphatic heterocycles. The summed E-state index contributed by atoms with van der Waals surface area (Å²) in [5, 5.41) is 63.5. The minimum Gasteiger partial charge on any atom is -0.467 e. The average molecular weight is 891 g/mol. The standard InChI is InChI=1S/C42H74N4O16/c1-23-21-26(44-33(51)27(48)18-19-43-36(52)60-39(2,3)4)31(59-35-29(50)32(42(11,55)22-56-35)46(12)38(54)62-41(8,9)10)28(49)30(23)58-34-25(45-37(53)61-40(5,6)7)17-16-24(57-34)15-13-14-20-47/h16,23,25-32,34-35,47-50,55H,13-15,17-22H2,1-12H3,(H,43,52)(H,44,51)(H,45,53). The molecule has 1 aliphatic carbocycles. The number of likely N-dealkylation sites (N-methyl/N-ethyl adjacent to an activating group) is 1. The summed E-state index contributed by atoms with van der Waals surface area (Å²) >= 11 is 0. The molecule has 12 unspecified atom stereocenters. The Morgan fingerprint density at radius 1 is 0.871 bits per heavy atom. The van der Waals surface area contributed by atoms with Crippen LogP contribution in [0.25, 0.3) is 0 Å². The number of nitrogens with one attached hydrogen (secondary N) is 3. The largest absolute Gasteiger partial charge is 0.467 e. The molecule has 0 aromatic heterocycles. The molecule has 0 spiro atoms. The van der Waals surface area contributed by atoms with E-state index in [0.717, 1.165) is 4.90 Å². The van der Waals surface area contributed by atoms with Gasteiger partial charge in [-0.25, -0.2) is 14.4 Å². The minimum atomic E-state index is -1.79. The van der Waals surface area contributed by atoms with Gasteiger partial charge in [0.25, 0.3) is 0 Å². The van der Waals surface area contributed by atoms with Crippen molar-refractivity contribution in [1.29, 1.82) is 0 Å². The molecule has 3 rings (SSSR count). The van der Waals surface area contributed by atoms with Gasteiger partial charge in [0, 0.05) is 26.6 Å². The van der Waals surface area contributed by atoms with E-state index in [0.29, 0.717) is 25.0 Å². The van der Waals surface area contributed by atoms with Crippen molar-refractivity contribution < 1.29 is 77.9 Å². The van der Waals surface area contributed by atoms with Gasteiger partial charge in [0.2, 0.25) is 12.2 Å². The molecule has 0 aromatic carbocycles. The smallest absolute Gasteiger partial charge is 0.410 e. The van der Waals surface area contributed by atoms with Gasteiger partial charge in [0.15, 0.2) is 6.29 Å². The van der Waals surface area contributed by atoms with E-state index in [1.54, 1.807) is 69.2 Å². The fourth-order valence-electron chi connectivity index (χ4n) is 7.40. The zero-order valence-electron chi connectivity index (χ0n) is 38.5. The van der Waals surface area contributed by atoms with Crippen LogP contribution in [-0.4, -0.2) is 165 Å². The lowest BCUT2D eigenvalue weighted by atomic mass is 9.79. The molecule has 12 atom stereocenters. The van der Waals surface area contributed by atoms with Crippen molar-refractivity contribution in [2.75, 3.05) is 26.8 Å². The molecule has 1 saturated carbocycles. The molecular weight excluding hydrogens is 816 g/mol. The monoisotopic (exact) mass is 891 g/mol. The van der Waals surface area contributed by atoms with Crippen LogP contribution in [0, 0.1) is 5.92 Å². The van der Waals surface area contributed by atoms with Crippen molar-refractivity contribution in [2.45, 2.75) is 198 Å². The van der Waals surface area contributed by atoms with Crippen molar-refractivity contribution in [2.24, 2.45) is 5.92 Å². The second kappa shape index (κ2) is 21.9. The van der Waals surface area contributed by atoms with E-state index >= 15 is 0 Å². The highest BCUT2D eigenvalue weighted by molar-refractivity contribution is 5.81. The van der Waals surface area contributed by atoms with Crippen LogP contribution in [0.15, 0.2) is 11.8 Å². The van der Waals surface area contributed by atoms with Gasteiger partial charge in [0.05, 0.1) is 36.6 Å². The Hall–Kier alpha value is -3.50. The number of ether oxygens (including phenoxy) is 7. The number of aliphatic hydroxyl groups is 5. The summed E-state index contributed by atoms with van der Waals surface area (Å²) in [5.41, 5.74) is -4.26. The summed E-state index contributed by atoms with van der Waals surface area (Å²) in [6, 6.07) is -3.15. The SMILES string of the molecule is CC1CC(NC(=O)C(O)CCNC(=O)OC(C)(C)C)C(OC2OCC(C)(O)C(N(C)C(=O)OC(C)(C)C)C2O)C(O)C1OC1OC(CCCCO)=CCC1NC(=O)OC(C)(C)C. The molecule has 2 fully saturated rings. The zero-order chi connectivity index (χ0) is 47.0. The maximum absolute atomic E-state index is 13.5. The Balaban J connectivity index is 1.93. The lowest BCUT2D eigenvalue weighted by molar-refractivity contribution is -0.313. The lowest BCUT2D eigenvalue weighted by Crippen LogP contribution is -2.69. The molecule has 20 nitrogen and oxygen atoms in total. The predicted molar refractivity (Wildman–Crippen MR) is 222 cm³/mol. The first-order chi connectivity index (χ1) is 28.5. The molecule has 4 amide bonds.